The van der Waals surface area contributed by atoms with Crippen LogP contribution in [0.2, 0.25) is 0 Å². The summed E-state index contributed by atoms with van der Waals surface area (Å²) in [5.74, 6) is -0.499. The number of hydrogen-bond acceptors (Lipinski definition) is 5. The van der Waals surface area contributed by atoms with Gasteiger partial charge in [-0.1, -0.05) is 19.8 Å². The fraction of sp³-hybridized carbons (Fsp3) is 0.909. The van der Waals surface area contributed by atoms with Crippen LogP contribution in [0.15, 0.2) is 0 Å². The van der Waals surface area contributed by atoms with Crippen LogP contribution in [0.25, 0.3) is 0 Å². The van der Waals surface area contributed by atoms with Crippen molar-refractivity contribution in [2.75, 3.05) is 0 Å². The van der Waals surface area contributed by atoms with Gasteiger partial charge < -0.3 is 20.4 Å². The van der Waals surface area contributed by atoms with Crippen LogP contribution in [0.1, 0.15) is 39.5 Å². The Balaban J connectivity index is 4.10. The van der Waals surface area contributed by atoms with E-state index in [4.69, 9.17) is 5.11 Å². The maximum Gasteiger partial charge on any atom is 0.164 e. The minimum atomic E-state index is -1.63. The third-order valence-electron chi connectivity index (χ3n) is 2.52. The highest BCUT2D eigenvalue weighted by atomic mass is 16.4. The molecule has 0 rings (SSSR count). The highest BCUT2D eigenvalue weighted by Gasteiger charge is 2.31. The van der Waals surface area contributed by atoms with Crippen LogP contribution in [-0.4, -0.2) is 50.6 Å². The molecule has 0 heterocycles. The molecule has 0 saturated heterocycles. The third-order valence-corrected chi connectivity index (χ3v) is 2.52. The number of Topliss-reactive ketones (excluding diaryl/α,β-unsaturated/α-hetero) is 1. The Labute approximate surface area is 95.7 Å². The fourth-order valence-corrected chi connectivity index (χ4v) is 1.36. The van der Waals surface area contributed by atoms with Crippen LogP contribution < -0.4 is 0 Å². The molecule has 0 aromatic carbocycles. The molecule has 0 fully saturated rings. The van der Waals surface area contributed by atoms with Crippen LogP contribution in [0.5, 0.6) is 0 Å². The molecule has 5 nitrogen and oxygen atoms in total. The van der Waals surface area contributed by atoms with Crippen molar-refractivity contribution in [1.29, 1.82) is 0 Å². The summed E-state index contributed by atoms with van der Waals surface area (Å²) in [6, 6.07) is 0. The number of ketones is 1. The summed E-state index contributed by atoms with van der Waals surface area (Å²) in [6.07, 6.45) is -3.27. The van der Waals surface area contributed by atoms with Gasteiger partial charge >= 0.3 is 0 Å². The lowest BCUT2D eigenvalue weighted by Crippen LogP contribution is -2.46. The first-order valence-electron chi connectivity index (χ1n) is 5.66. The molecule has 0 bridgehead atoms. The van der Waals surface area contributed by atoms with Crippen LogP contribution in [0, 0.1) is 0 Å². The Morgan fingerprint density at radius 1 is 1.06 bits per heavy atom. The van der Waals surface area contributed by atoms with Crippen molar-refractivity contribution in [3.05, 3.63) is 0 Å². The van der Waals surface area contributed by atoms with E-state index in [0.29, 0.717) is 6.42 Å². The molecule has 0 amide bonds. The summed E-state index contributed by atoms with van der Waals surface area (Å²) in [6.45, 7) is 3.27. The predicted octanol–water partition coefficient (Wildman–Crippen LogP) is -0.401. The summed E-state index contributed by atoms with van der Waals surface area (Å²) < 4.78 is 0. The molecule has 0 aliphatic carbocycles. The van der Waals surface area contributed by atoms with Crippen molar-refractivity contribution in [3.63, 3.8) is 0 Å². The number of hydrogen-bond donors (Lipinski definition) is 4. The number of carbonyl (C=O) groups excluding carboxylic acids is 1. The zero-order valence-electron chi connectivity index (χ0n) is 9.83. The van der Waals surface area contributed by atoms with Gasteiger partial charge in [-0.25, -0.2) is 0 Å². The Bertz CT molecular complexity index is 205. The Morgan fingerprint density at radius 2 is 1.62 bits per heavy atom. The first kappa shape index (κ1) is 15.5. The number of aliphatic hydroxyl groups is 4. The number of aliphatic hydroxyl groups excluding tert-OH is 4. The van der Waals surface area contributed by atoms with Crippen LogP contribution in [-0.2, 0) is 4.79 Å². The van der Waals surface area contributed by atoms with Gasteiger partial charge in [-0.2, -0.15) is 0 Å². The average Bonchev–Trinajstić information content (AvgIpc) is 2.26. The number of rotatable bonds is 8. The van der Waals surface area contributed by atoms with E-state index >= 15 is 0 Å². The molecule has 0 aromatic heterocycles. The van der Waals surface area contributed by atoms with Gasteiger partial charge in [0.2, 0.25) is 0 Å². The second-order valence-corrected chi connectivity index (χ2v) is 4.09. The monoisotopic (exact) mass is 234 g/mol. The fourth-order valence-electron chi connectivity index (χ4n) is 1.36. The molecule has 4 unspecified atom stereocenters. The van der Waals surface area contributed by atoms with E-state index in [1.54, 1.807) is 0 Å². The zero-order valence-corrected chi connectivity index (χ0v) is 9.83. The van der Waals surface area contributed by atoms with Gasteiger partial charge in [0, 0.05) is 6.42 Å². The molecule has 0 aliphatic heterocycles. The first-order chi connectivity index (χ1) is 7.41. The SMILES string of the molecule is CCCCCC(=O)C(O)C(O)C(O)C(C)O. The maximum absolute atomic E-state index is 11.4. The molecule has 0 aliphatic rings. The Morgan fingerprint density at radius 3 is 2.06 bits per heavy atom. The van der Waals surface area contributed by atoms with E-state index in [2.05, 4.69) is 0 Å². The molecule has 0 radical (unpaired) electrons. The standard InChI is InChI=1S/C11H22O5/c1-3-4-5-6-8(13)10(15)11(16)9(14)7(2)12/h7,9-12,14-16H,3-6H2,1-2H3. The van der Waals surface area contributed by atoms with Gasteiger partial charge in [-0.15, -0.1) is 0 Å². The summed E-state index contributed by atoms with van der Waals surface area (Å²) in [4.78, 5) is 11.4. The highest BCUT2D eigenvalue weighted by Crippen LogP contribution is 2.09. The highest BCUT2D eigenvalue weighted by molar-refractivity contribution is 5.83. The summed E-state index contributed by atoms with van der Waals surface area (Å²) in [7, 11) is 0. The maximum atomic E-state index is 11.4. The van der Waals surface area contributed by atoms with Gasteiger partial charge in [0.1, 0.15) is 18.3 Å². The normalized spacial score (nSPS) is 18.9. The molecule has 0 aromatic rings. The minimum Gasteiger partial charge on any atom is -0.391 e. The van der Waals surface area contributed by atoms with Gasteiger partial charge in [-0.05, 0) is 13.3 Å². The summed E-state index contributed by atoms with van der Waals surface area (Å²) in [5.41, 5.74) is 0. The lowest BCUT2D eigenvalue weighted by atomic mass is 9.98. The Kier molecular flexibility index (Phi) is 7.49. The van der Waals surface area contributed by atoms with E-state index in [1.807, 2.05) is 6.92 Å². The van der Waals surface area contributed by atoms with Crippen LogP contribution >= 0.6 is 0 Å². The van der Waals surface area contributed by atoms with Crippen molar-refractivity contribution >= 4 is 5.78 Å². The average molecular weight is 234 g/mol. The second-order valence-electron chi connectivity index (χ2n) is 4.09. The van der Waals surface area contributed by atoms with Crippen LogP contribution in [0.3, 0.4) is 0 Å². The van der Waals surface area contributed by atoms with Gasteiger partial charge in [0.05, 0.1) is 6.10 Å². The smallest absolute Gasteiger partial charge is 0.164 e. The lowest BCUT2D eigenvalue weighted by Gasteiger charge is -2.23. The van der Waals surface area contributed by atoms with Crippen LogP contribution in [0.4, 0.5) is 0 Å². The molecule has 4 atom stereocenters. The quantitative estimate of drug-likeness (QED) is 0.428. The van der Waals surface area contributed by atoms with Crippen molar-refractivity contribution < 1.29 is 25.2 Å². The third kappa shape index (κ3) is 5.03. The van der Waals surface area contributed by atoms with Crippen molar-refractivity contribution in [2.45, 2.75) is 63.9 Å². The lowest BCUT2D eigenvalue weighted by molar-refractivity contribution is -0.143. The molecule has 96 valence electrons. The van der Waals surface area contributed by atoms with E-state index in [1.165, 1.54) is 6.92 Å². The van der Waals surface area contributed by atoms with E-state index in [-0.39, 0.29) is 6.42 Å². The molecule has 16 heavy (non-hydrogen) atoms. The number of unbranched alkanes of at least 4 members (excludes halogenated alkanes) is 2. The minimum absolute atomic E-state index is 0.179. The van der Waals surface area contributed by atoms with Crippen molar-refractivity contribution in [3.8, 4) is 0 Å². The predicted molar refractivity (Wildman–Crippen MR) is 58.9 cm³/mol. The van der Waals surface area contributed by atoms with Crippen molar-refractivity contribution in [2.24, 2.45) is 0 Å². The topological polar surface area (TPSA) is 98.0 Å². The summed E-state index contributed by atoms with van der Waals surface area (Å²) >= 11 is 0. The molecular formula is C11H22O5. The van der Waals surface area contributed by atoms with Gasteiger partial charge in [-0.3, -0.25) is 4.79 Å². The number of carbonyl (C=O) groups is 1. The van der Waals surface area contributed by atoms with Crippen molar-refractivity contribution in [1.82, 2.24) is 0 Å². The molecule has 0 saturated carbocycles. The van der Waals surface area contributed by atoms with Gasteiger partial charge in [0.25, 0.3) is 0 Å². The van der Waals surface area contributed by atoms with Gasteiger partial charge in [0.15, 0.2) is 5.78 Å². The Hall–Kier alpha value is -0.490. The van der Waals surface area contributed by atoms with E-state index in [9.17, 15) is 20.1 Å². The second kappa shape index (κ2) is 7.73. The van der Waals surface area contributed by atoms with E-state index in [0.717, 1.165) is 12.8 Å². The first-order valence-corrected chi connectivity index (χ1v) is 5.66. The summed E-state index contributed by atoms with van der Waals surface area (Å²) in [5, 5.41) is 37.1. The molecule has 4 N–H and O–H groups in total. The zero-order chi connectivity index (χ0) is 12.7. The largest absolute Gasteiger partial charge is 0.391 e. The van der Waals surface area contributed by atoms with E-state index < -0.39 is 30.2 Å². The molecule has 5 heteroatoms. The molecule has 0 spiro atoms. The molecular weight excluding hydrogens is 212 g/mol.